The van der Waals surface area contributed by atoms with Crippen LogP contribution in [0.5, 0.6) is 11.5 Å². The molecular weight excluding hydrogens is 316 g/mol. The fraction of sp³-hybridized carbons (Fsp3) is 0.350. The fourth-order valence-electron chi connectivity index (χ4n) is 3.20. The molecule has 5 heteroatoms. The van der Waals surface area contributed by atoms with Crippen LogP contribution in [0, 0.1) is 0 Å². The van der Waals surface area contributed by atoms with E-state index in [2.05, 4.69) is 34.5 Å². The van der Waals surface area contributed by atoms with Crippen molar-refractivity contribution in [3.05, 3.63) is 48.0 Å². The van der Waals surface area contributed by atoms with Crippen LogP contribution in [0.4, 0.5) is 11.4 Å². The molecule has 25 heavy (non-hydrogen) atoms. The molecule has 0 fully saturated rings. The largest absolute Gasteiger partial charge is 0.497 e. The summed E-state index contributed by atoms with van der Waals surface area (Å²) >= 11 is 0. The summed E-state index contributed by atoms with van der Waals surface area (Å²) in [7, 11) is 3.18. The molecule has 132 valence electrons. The second-order valence-corrected chi connectivity index (χ2v) is 6.08. The summed E-state index contributed by atoms with van der Waals surface area (Å²) in [6.07, 6.45) is 2.66. The van der Waals surface area contributed by atoms with Crippen LogP contribution in [-0.4, -0.2) is 33.2 Å². The lowest BCUT2D eigenvalue weighted by atomic mass is 10.0. The number of carbonyl (C=O) groups excluding carboxylic acids is 1. The van der Waals surface area contributed by atoms with E-state index in [4.69, 9.17) is 9.47 Å². The number of methoxy groups -OCH3 is 2. The zero-order valence-corrected chi connectivity index (χ0v) is 14.7. The third-order valence-electron chi connectivity index (χ3n) is 4.50. The van der Waals surface area contributed by atoms with Gasteiger partial charge in [0.1, 0.15) is 11.5 Å². The van der Waals surface area contributed by atoms with Gasteiger partial charge >= 0.3 is 0 Å². The average Bonchev–Trinajstić information content (AvgIpc) is 2.66. The van der Waals surface area contributed by atoms with Gasteiger partial charge in [-0.05, 0) is 36.6 Å². The van der Waals surface area contributed by atoms with Crippen molar-refractivity contribution in [2.45, 2.75) is 19.3 Å². The normalized spacial score (nSPS) is 13.1. The number of benzene rings is 2. The van der Waals surface area contributed by atoms with E-state index < -0.39 is 0 Å². The van der Waals surface area contributed by atoms with Crippen molar-refractivity contribution in [2.24, 2.45) is 0 Å². The molecule has 2 aromatic carbocycles. The first-order valence-corrected chi connectivity index (χ1v) is 8.56. The van der Waals surface area contributed by atoms with Gasteiger partial charge in [0.15, 0.2) is 0 Å². The molecule has 0 saturated heterocycles. The summed E-state index contributed by atoms with van der Waals surface area (Å²) in [4.78, 5) is 14.7. The van der Waals surface area contributed by atoms with Crippen LogP contribution in [-0.2, 0) is 11.2 Å². The van der Waals surface area contributed by atoms with Crippen LogP contribution >= 0.6 is 0 Å². The lowest BCUT2D eigenvalue weighted by molar-refractivity contribution is -0.116. The van der Waals surface area contributed by atoms with Gasteiger partial charge in [-0.1, -0.05) is 18.2 Å². The minimum Gasteiger partial charge on any atom is -0.497 e. The maximum absolute atomic E-state index is 12.4. The van der Waals surface area contributed by atoms with Crippen molar-refractivity contribution in [3.63, 3.8) is 0 Å². The van der Waals surface area contributed by atoms with Crippen LogP contribution in [0.25, 0.3) is 0 Å². The Bertz CT molecular complexity index is 745. The van der Waals surface area contributed by atoms with Crippen molar-refractivity contribution in [3.8, 4) is 11.5 Å². The SMILES string of the molecule is COc1ccc(OC)c(NC(=O)CCN2CCCc3ccccc32)c1. The van der Waals surface area contributed by atoms with E-state index in [-0.39, 0.29) is 5.91 Å². The average molecular weight is 340 g/mol. The van der Waals surface area contributed by atoms with E-state index in [1.165, 1.54) is 11.3 Å². The topological polar surface area (TPSA) is 50.8 Å². The standard InChI is InChI=1S/C20H24N2O3/c1-24-16-9-10-19(25-2)17(14-16)21-20(23)11-13-22-12-5-7-15-6-3-4-8-18(15)22/h3-4,6,8-10,14H,5,7,11-13H2,1-2H3,(H,21,23). The molecular formula is C20H24N2O3. The molecule has 1 aliphatic rings. The van der Waals surface area contributed by atoms with Gasteiger partial charge < -0.3 is 19.7 Å². The highest BCUT2D eigenvalue weighted by Crippen LogP contribution is 2.29. The number of carbonyl (C=O) groups is 1. The second kappa shape index (κ2) is 7.92. The Kier molecular flexibility index (Phi) is 5.43. The van der Waals surface area contributed by atoms with Gasteiger partial charge in [-0.3, -0.25) is 4.79 Å². The minimum atomic E-state index is -0.0328. The highest BCUT2D eigenvalue weighted by atomic mass is 16.5. The van der Waals surface area contributed by atoms with Crippen LogP contribution in [0.1, 0.15) is 18.4 Å². The Balaban J connectivity index is 1.63. The Morgan fingerprint density at radius 1 is 1.16 bits per heavy atom. The van der Waals surface area contributed by atoms with Gasteiger partial charge in [-0.2, -0.15) is 0 Å². The Hall–Kier alpha value is -2.69. The van der Waals surface area contributed by atoms with Gasteiger partial charge in [-0.25, -0.2) is 0 Å². The molecule has 1 N–H and O–H groups in total. The molecule has 0 spiro atoms. The first kappa shape index (κ1) is 17.1. The Labute approximate surface area is 148 Å². The molecule has 5 nitrogen and oxygen atoms in total. The molecule has 0 atom stereocenters. The van der Waals surface area contributed by atoms with Crippen molar-refractivity contribution < 1.29 is 14.3 Å². The van der Waals surface area contributed by atoms with E-state index in [0.29, 0.717) is 30.2 Å². The molecule has 0 aromatic heterocycles. The third kappa shape index (κ3) is 4.05. The summed E-state index contributed by atoms with van der Waals surface area (Å²) in [5.41, 5.74) is 3.25. The van der Waals surface area contributed by atoms with Gasteiger partial charge in [0.2, 0.25) is 5.91 Å². The zero-order chi connectivity index (χ0) is 17.6. The van der Waals surface area contributed by atoms with Gasteiger partial charge in [0, 0.05) is 31.3 Å². The molecule has 3 rings (SSSR count). The number of ether oxygens (including phenoxy) is 2. The summed E-state index contributed by atoms with van der Waals surface area (Å²) in [5, 5.41) is 2.93. The summed E-state index contributed by atoms with van der Waals surface area (Å²) in [6.45, 7) is 1.70. The van der Waals surface area contributed by atoms with Gasteiger partial charge in [0.25, 0.3) is 0 Å². The van der Waals surface area contributed by atoms with Gasteiger partial charge in [-0.15, -0.1) is 0 Å². The van der Waals surface area contributed by atoms with E-state index in [1.54, 1.807) is 32.4 Å². The predicted octanol–water partition coefficient (Wildman–Crippen LogP) is 3.49. The number of aryl methyl sites for hydroxylation is 1. The molecule has 2 aromatic rings. The quantitative estimate of drug-likeness (QED) is 0.875. The van der Waals surface area contributed by atoms with E-state index in [9.17, 15) is 4.79 Å². The Morgan fingerprint density at radius 2 is 2.00 bits per heavy atom. The number of hydrogen-bond donors (Lipinski definition) is 1. The number of rotatable bonds is 6. The number of hydrogen-bond acceptors (Lipinski definition) is 4. The molecule has 0 unspecified atom stereocenters. The number of fused-ring (bicyclic) bond motifs is 1. The monoisotopic (exact) mass is 340 g/mol. The number of para-hydroxylation sites is 1. The van der Waals surface area contributed by atoms with Crippen molar-refractivity contribution in [1.82, 2.24) is 0 Å². The highest BCUT2D eigenvalue weighted by molar-refractivity contribution is 5.92. The lowest BCUT2D eigenvalue weighted by Crippen LogP contribution is -2.32. The highest BCUT2D eigenvalue weighted by Gasteiger charge is 2.17. The van der Waals surface area contributed by atoms with Crippen LogP contribution in [0.3, 0.4) is 0 Å². The number of amides is 1. The van der Waals surface area contributed by atoms with E-state index in [0.717, 1.165) is 19.4 Å². The number of nitrogens with zero attached hydrogens (tertiary/aromatic N) is 1. The van der Waals surface area contributed by atoms with Crippen molar-refractivity contribution >= 4 is 17.3 Å². The van der Waals surface area contributed by atoms with E-state index >= 15 is 0 Å². The minimum absolute atomic E-state index is 0.0328. The number of nitrogens with one attached hydrogen (secondary N) is 1. The molecule has 1 amide bonds. The van der Waals surface area contributed by atoms with Crippen LogP contribution < -0.4 is 19.7 Å². The maximum Gasteiger partial charge on any atom is 0.226 e. The summed E-state index contributed by atoms with van der Waals surface area (Å²) in [5.74, 6) is 1.27. The fourth-order valence-corrected chi connectivity index (χ4v) is 3.20. The third-order valence-corrected chi connectivity index (χ3v) is 4.50. The first-order valence-electron chi connectivity index (χ1n) is 8.56. The molecule has 1 aliphatic heterocycles. The second-order valence-electron chi connectivity index (χ2n) is 6.08. The van der Waals surface area contributed by atoms with Gasteiger partial charge in [0.05, 0.1) is 19.9 Å². The Morgan fingerprint density at radius 3 is 2.80 bits per heavy atom. The lowest BCUT2D eigenvalue weighted by Gasteiger charge is -2.31. The van der Waals surface area contributed by atoms with Crippen LogP contribution in [0.2, 0.25) is 0 Å². The van der Waals surface area contributed by atoms with Crippen molar-refractivity contribution in [2.75, 3.05) is 37.5 Å². The smallest absolute Gasteiger partial charge is 0.226 e. The van der Waals surface area contributed by atoms with Crippen molar-refractivity contribution in [1.29, 1.82) is 0 Å². The summed E-state index contributed by atoms with van der Waals surface area (Å²) < 4.78 is 10.5. The summed E-state index contributed by atoms with van der Waals surface area (Å²) in [6, 6.07) is 13.8. The maximum atomic E-state index is 12.4. The zero-order valence-electron chi connectivity index (χ0n) is 14.7. The molecule has 0 aliphatic carbocycles. The predicted molar refractivity (Wildman–Crippen MR) is 99.8 cm³/mol. The molecule has 0 saturated carbocycles. The van der Waals surface area contributed by atoms with Crippen LogP contribution in [0.15, 0.2) is 42.5 Å². The molecule has 1 heterocycles. The molecule has 0 bridgehead atoms. The number of anilines is 2. The molecule has 0 radical (unpaired) electrons. The van der Waals surface area contributed by atoms with E-state index in [1.807, 2.05) is 0 Å². The first-order chi connectivity index (χ1) is 12.2.